The molecule has 0 fully saturated rings. The normalized spacial score (nSPS) is 15.2. The van der Waals surface area contributed by atoms with Gasteiger partial charge in [-0.1, -0.05) is 43.4 Å². The first-order chi connectivity index (χ1) is 18.6. The van der Waals surface area contributed by atoms with E-state index in [1.807, 2.05) is 44.4 Å². The van der Waals surface area contributed by atoms with Crippen LogP contribution in [-0.2, 0) is 14.3 Å². The first-order valence-corrected chi connectivity index (χ1v) is 14.4. The number of allylic oxidation sites excluding steroid dienone is 1. The quantitative estimate of drug-likeness (QED) is 0.230. The Balaban J connectivity index is 1.86. The van der Waals surface area contributed by atoms with Gasteiger partial charge in [-0.25, -0.2) is 9.79 Å². The van der Waals surface area contributed by atoms with Crippen molar-refractivity contribution in [3.63, 3.8) is 0 Å². The fourth-order valence-electron chi connectivity index (χ4n) is 4.17. The third-order valence-electron chi connectivity index (χ3n) is 5.96. The number of carbonyl (C=O) groups excluding carboxylic acids is 2. The third kappa shape index (κ3) is 6.17. The van der Waals surface area contributed by atoms with Crippen molar-refractivity contribution < 1.29 is 23.8 Å². The number of hydrogen-bond donors (Lipinski definition) is 0. The summed E-state index contributed by atoms with van der Waals surface area (Å²) in [6.07, 6.45) is 3.72. The molecule has 1 aromatic heterocycles. The summed E-state index contributed by atoms with van der Waals surface area (Å²) >= 11 is 2.85. The molecule has 0 N–H and O–H groups in total. The van der Waals surface area contributed by atoms with Crippen LogP contribution in [0.1, 0.15) is 44.9 Å². The Hall–Kier alpha value is -3.63. The molecule has 8 nitrogen and oxygen atoms in total. The number of hydrogen-bond acceptors (Lipinski definition) is 9. The van der Waals surface area contributed by atoms with Gasteiger partial charge in [-0.2, -0.15) is 0 Å². The molecule has 10 heteroatoms. The van der Waals surface area contributed by atoms with E-state index in [4.69, 9.17) is 14.2 Å². The van der Waals surface area contributed by atoms with Gasteiger partial charge in [0.25, 0.3) is 5.56 Å². The lowest BCUT2D eigenvalue weighted by atomic mass is 9.96. The van der Waals surface area contributed by atoms with E-state index >= 15 is 0 Å². The average Bonchev–Trinajstić information content (AvgIpc) is 3.21. The van der Waals surface area contributed by atoms with Crippen LogP contribution >= 0.6 is 23.1 Å². The van der Waals surface area contributed by atoms with Crippen LogP contribution in [0, 0.1) is 5.92 Å². The Kier molecular flexibility index (Phi) is 8.76. The van der Waals surface area contributed by atoms with Crippen LogP contribution in [0.15, 0.2) is 68.4 Å². The van der Waals surface area contributed by atoms with E-state index in [-0.39, 0.29) is 23.8 Å². The van der Waals surface area contributed by atoms with E-state index in [1.165, 1.54) is 25.4 Å². The van der Waals surface area contributed by atoms with Crippen molar-refractivity contribution in [3.05, 3.63) is 84.5 Å². The highest BCUT2D eigenvalue weighted by molar-refractivity contribution is 7.98. The minimum atomic E-state index is -0.681. The summed E-state index contributed by atoms with van der Waals surface area (Å²) < 4.78 is 18.2. The molecule has 0 bridgehead atoms. The van der Waals surface area contributed by atoms with E-state index in [0.29, 0.717) is 31.9 Å². The molecule has 2 heterocycles. The molecule has 3 aromatic rings. The van der Waals surface area contributed by atoms with Crippen molar-refractivity contribution in [3.8, 4) is 11.5 Å². The van der Waals surface area contributed by atoms with Gasteiger partial charge in [0.1, 0.15) is 0 Å². The molecule has 0 spiro atoms. The molecule has 204 valence electrons. The van der Waals surface area contributed by atoms with E-state index < -0.39 is 18.0 Å². The monoisotopic (exact) mass is 566 g/mol. The zero-order chi connectivity index (χ0) is 28.3. The van der Waals surface area contributed by atoms with Crippen molar-refractivity contribution in [1.82, 2.24) is 4.57 Å². The lowest BCUT2D eigenvalue weighted by Crippen LogP contribution is -2.40. The molecule has 1 aliphatic rings. The molecule has 1 atom stereocenters. The molecular formula is C29H30N2O6S2. The molecular weight excluding hydrogens is 536 g/mol. The Morgan fingerprint density at radius 1 is 1.15 bits per heavy atom. The Morgan fingerprint density at radius 3 is 2.49 bits per heavy atom. The van der Waals surface area contributed by atoms with Crippen LogP contribution in [-0.4, -0.2) is 36.5 Å². The van der Waals surface area contributed by atoms with Gasteiger partial charge in [0.2, 0.25) is 0 Å². The summed E-state index contributed by atoms with van der Waals surface area (Å²) in [6.45, 7) is 7.29. The van der Waals surface area contributed by atoms with E-state index in [2.05, 4.69) is 4.99 Å². The van der Waals surface area contributed by atoms with Crippen molar-refractivity contribution in [2.24, 2.45) is 10.9 Å². The molecule has 0 amide bonds. The zero-order valence-electron chi connectivity index (χ0n) is 22.6. The number of ether oxygens (including phenoxy) is 3. The summed E-state index contributed by atoms with van der Waals surface area (Å²) in [6, 6.07) is 12.2. The van der Waals surface area contributed by atoms with Crippen LogP contribution in [0.2, 0.25) is 0 Å². The molecule has 0 aliphatic carbocycles. The zero-order valence-corrected chi connectivity index (χ0v) is 24.3. The summed E-state index contributed by atoms with van der Waals surface area (Å²) in [5.41, 5.74) is 2.06. The van der Waals surface area contributed by atoms with Crippen molar-refractivity contribution in [2.45, 2.75) is 38.6 Å². The highest BCUT2D eigenvalue weighted by Gasteiger charge is 2.33. The molecule has 0 saturated heterocycles. The van der Waals surface area contributed by atoms with Crippen molar-refractivity contribution in [2.75, 3.05) is 20.0 Å². The summed E-state index contributed by atoms with van der Waals surface area (Å²) in [7, 11) is 1.48. The van der Waals surface area contributed by atoms with Crippen LogP contribution in [0.5, 0.6) is 11.5 Å². The van der Waals surface area contributed by atoms with Gasteiger partial charge in [0, 0.05) is 11.8 Å². The maximum atomic E-state index is 13.8. The molecule has 2 aromatic carbocycles. The Morgan fingerprint density at radius 2 is 1.87 bits per heavy atom. The van der Waals surface area contributed by atoms with Crippen LogP contribution in [0.25, 0.3) is 6.08 Å². The average molecular weight is 567 g/mol. The van der Waals surface area contributed by atoms with Crippen LogP contribution in [0.3, 0.4) is 0 Å². The first-order valence-electron chi connectivity index (χ1n) is 12.3. The number of methoxy groups -OCH3 is 1. The highest BCUT2D eigenvalue weighted by atomic mass is 32.2. The topological polar surface area (TPSA) is 96.2 Å². The van der Waals surface area contributed by atoms with Gasteiger partial charge in [-0.15, -0.1) is 11.8 Å². The molecule has 1 unspecified atom stereocenters. The number of aromatic nitrogens is 1. The molecule has 4 rings (SSSR count). The number of thioether (sulfide) groups is 1. The standard InChI is InChI=1S/C29H30N2O6S2/c1-16(2)15-36-28(34)25-17(3)30-29-31(26(25)20-8-10-21(38-6)11-9-20)27(33)24(39-29)14-19-7-12-22(37-18(4)32)23(13-19)35-5/h7-14,16,26H,15H2,1-6H3. The van der Waals surface area contributed by atoms with E-state index in [0.717, 1.165) is 10.5 Å². The van der Waals surface area contributed by atoms with Gasteiger partial charge in [0.15, 0.2) is 16.3 Å². The molecule has 0 saturated carbocycles. The van der Waals surface area contributed by atoms with E-state index in [9.17, 15) is 14.4 Å². The maximum Gasteiger partial charge on any atom is 0.338 e. The van der Waals surface area contributed by atoms with E-state index in [1.54, 1.807) is 47.5 Å². The number of esters is 2. The number of nitrogens with zero attached hydrogens (tertiary/aromatic N) is 2. The summed E-state index contributed by atoms with van der Waals surface area (Å²) in [5, 5.41) is 0. The van der Waals surface area contributed by atoms with Gasteiger partial charge >= 0.3 is 11.9 Å². The van der Waals surface area contributed by atoms with Crippen LogP contribution in [0.4, 0.5) is 0 Å². The second-order valence-electron chi connectivity index (χ2n) is 9.35. The first kappa shape index (κ1) is 28.4. The maximum absolute atomic E-state index is 13.8. The predicted octanol–water partition coefficient (Wildman–Crippen LogP) is 4.09. The van der Waals surface area contributed by atoms with Crippen molar-refractivity contribution in [1.29, 1.82) is 0 Å². The van der Waals surface area contributed by atoms with Crippen LogP contribution < -0.4 is 24.4 Å². The highest BCUT2D eigenvalue weighted by Crippen LogP contribution is 2.32. The second kappa shape index (κ2) is 12.0. The predicted molar refractivity (Wildman–Crippen MR) is 152 cm³/mol. The Bertz CT molecular complexity index is 1620. The third-order valence-corrected chi connectivity index (χ3v) is 7.69. The van der Waals surface area contributed by atoms with Gasteiger partial charge in [-0.3, -0.25) is 14.2 Å². The minimum absolute atomic E-state index is 0.166. The number of fused-ring (bicyclic) bond motifs is 1. The van der Waals surface area contributed by atoms with Crippen molar-refractivity contribution >= 4 is 41.1 Å². The Labute approximate surface area is 234 Å². The number of rotatable bonds is 8. The largest absolute Gasteiger partial charge is 0.493 e. The summed E-state index contributed by atoms with van der Waals surface area (Å²) in [5.74, 6) is -0.122. The lowest BCUT2D eigenvalue weighted by Gasteiger charge is -2.25. The van der Waals surface area contributed by atoms with Gasteiger partial charge in [0.05, 0.1) is 35.6 Å². The van der Waals surface area contributed by atoms with Gasteiger partial charge in [-0.05, 0) is 60.6 Å². The smallest absolute Gasteiger partial charge is 0.338 e. The molecule has 39 heavy (non-hydrogen) atoms. The lowest BCUT2D eigenvalue weighted by molar-refractivity contribution is -0.140. The van der Waals surface area contributed by atoms with Gasteiger partial charge < -0.3 is 14.2 Å². The SMILES string of the molecule is COc1cc(C=c2sc3n(c2=O)C(c2ccc(SC)cc2)C(C(=O)OCC(C)C)=C(C)N=3)ccc1OC(C)=O. The second-order valence-corrected chi connectivity index (χ2v) is 11.2. The minimum Gasteiger partial charge on any atom is -0.493 e. The number of benzene rings is 2. The molecule has 1 aliphatic heterocycles. The number of thiazole rings is 1. The fourth-order valence-corrected chi connectivity index (χ4v) is 5.62. The number of carbonyl (C=O) groups is 2. The summed E-state index contributed by atoms with van der Waals surface area (Å²) in [4.78, 5) is 44.7. The molecule has 0 radical (unpaired) electrons. The fraction of sp³-hybridized carbons (Fsp3) is 0.310.